The van der Waals surface area contributed by atoms with Crippen LogP contribution >= 0.6 is 11.6 Å². The molecular formula is C20H23ClN2O2. The Bertz CT molecular complexity index is 711. The van der Waals surface area contributed by atoms with Crippen LogP contribution in [0.1, 0.15) is 36.9 Å². The maximum Gasteiger partial charge on any atom is 0.161 e. The van der Waals surface area contributed by atoms with Gasteiger partial charge in [0, 0.05) is 24.0 Å². The Hall–Kier alpha value is -2.22. The molecule has 0 fully saturated rings. The minimum atomic E-state index is 0.208. The maximum atomic E-state index is 8.59. The molecule has 2 aromatic rings. The lowest BCUT2D eigenvalue weighted by molar-refractivity contribution is 0.290. The number of ether oxygens (including phenoxy) is 2. The molecule has 1 N–H and O–H groups in total. The van der Waals surface area contributed by atoms with Gasteiger partial charge in [-0.3, -0.25) is 0 Å². The fourth-order valence-electron chi connectivity index (χ4n) is 2.42. The number of methoxy groups -OCH3 is 1. The third kappa shape index (κ3) is 5.97. The molecule has 0 aliphatic rings. The van der Waals surface area contributed by atoms with Crippen LogP contribution in [0, 0.1) is 11.3 Å². The fourth-order valence-corrected chi connectivity index (χ4v) is 2.54. The second kappa shape index (κ2) is 9.93. The molecular weight excluding hydrogens is 336 g/mol. The van der Waals surface area contributed by atoms with Gasteiger partial charge in [0.15, 0.2) is 11.5 Å². The summed E-state index contributed by atoms with van der Waals surface area (Å²) < 4.78 is 11.1. The van der Waals surface area contributed by atoms with Crippen LogP contribution in [0.25, 0.3) is 0 Å². The molecule has 25 heavy (non-hydrogen) atoms. The molecule has 0 aliphatic carbocycles. The molecule has 0 saturated heterocycles. The van der Waals surface area contributed by atoms with Gasteiger partial charge in [-0.1, -0.05) is 29.8 Å². The zero-order valence-electron chi connectivity index (χ0n) is 14.6. The van der Waals surface area contributed by atoms with Gasteiger partial charge in [-0.2, -0.15) is 5.26 Å². The summed E-state index contributed by atoms with van der Waals surface area (Å²) in [7, 11) is 1.62. The zero-order chi connectivity index (χ0) is 18.1. The van der Waals surface area contributed by atoms with Gasteiger partial charge in [0.2, 0.25) is 0 Å². The van der Waals surface area contributed by atoms with Gasteiger partial charge in [-0.25, -0.2) is 0 Å². The number of unbranched alkanes of at least 4 members (excludes halogenated alkanes) is 1. The standard InChI is InChI=1S/C20H23ClN2O2/c1-15(17-6-8-18(21)9-7-17)23-14-16-5-10-19(24-2)20(13-16)25-12-4-3-11-22/h5-10,13,15,23H,3-4,12,14H2,1-2H3. The van der Waals surface area contributed by atoms with E-state index in [-0.39, 0.29) is 6.04 Å². The highest BCUT2D eigenvalue weighted by Gasteiger charge is 2.08. The van der Waals surface area contributed by atoms with Gasteiger partial charge in [0.05, 0.1) is 19.8 Å². The van der Waals surface area contributed by atoms with Crippen LogP contribution in [-0.4, -0.2) is 13.7 Å². The van der Waals surface area contributed by atoms with Gasteiger partial charge in [-0.15, -0.1) is 0 Å². The van der Waals surface area contributed by atoms with Crippen molar-refractivity contribution in [1.82, 2.24) is 5.32 Å². The molecule has 0 heterocycles. The van der Waals surface area contributed by atoms with Gasteiger partial charge < -0.3 is 14.8 Å². The number of benzene rings is 2. The third-order valence-corrected chi connectivity index (χ3v) is 4.15. The van der Waals surface area contributed by atoms with Crippen LogP contribution in [0.5, 0.6) is 11.5 Å². The van der Waals surface area contributed by atoms with Crippen LogP contribution in [0.2, 0.25) is 5.02 Å². The summed E-state index contributed by atoms with van der Waals surface area (Å²) in [6, 6.07) is 16.1. The first-order valence-corrected chi connectivity index (χ1v) is 8.67. The highest BCUT2D eigenvalue weighted by atomic mass is 35.5. The minimum absolute atomic E-state index is 0.208. The molecule has 0 amide bonds. The predicted molar refractivity (Wildman–Crippen MR) is 100 cm³/mol. The van der Waals surface area contributed by atoms with Crippen LogP contribution in [0.3, 0.4) is 0 Å². The first kappa shape index (κ1) is 19.1. The maximum absolute atomic E-state index is 8.59. The number of nitriles is 1. The van der Waals surface area contributed by atoms with E-state index in [1.807, 2.05) is 42.5 Å². The lowest BCUT2D eigenvalue weighted by atomic mass is 10.1. The number of nitrogens with one attached hydrogen (secondary N) is 1. The van der Waals surface area contributed by atoms with Crippen LogP contribution < -0.4 is 14.8 Å². The summed E-state index contributed by atoms with van der Waals surface area (Å²) in [4.78, 5) is 0. The van der Waals surface area contributed by atoms with Crippen molar-refractivity contribution in [3.05, 3.63) is 58.6 Å². The van der Waals surface area contributed by atoms with E-state index in [0.717, 1.165) is 10.6 Å². The normalized spacial score (nSPS) is 11.6. The highest BCUT2D eigenvalue weighted by molar-refractivity contribution is 6.30. The molecule has 0 aliphatic heterocycles. The second-order valence-electron chi connectivity index (χ2n) is 5.75. The molecule has 0 spiro atoms. The van der Waals surface area contributed by atoms with Gasteiger partial charge in [0.1, 0.15) is 0 Å². The Labute approximate surface area is 154 Å². The van der Waals surface area contributed by atoms with Crippen LogP contribution in [0.4, 0.5) is 0 Å². The van der Waals surface area contributed by atoms with E-state index in [9.17, 15) is 0 Å². The topological polar surface area (TPSA) is 54.3 Å². The van der Waals surface area contributed by atoms with E-state index in [2.05, 4.69) is 18.3 Å². The SMILES string of the molecule is COc1ccc(CNC(C)c2ccc(Cl)cc2)cc1OCCCC#N. The highest BCUT2D eigenvalue weighted by Crippen LogP contribution is 2.28. The Balaban J connectivity index is 1.96. The van der Waals surface area contributed by atoms with Crippen molar-refractivity contribution in [2.24, 2.45) is 0 Å². The lowest BCUT2D eigenvalue weighted by Gasteiger charge is -2.16. The Morgan fingerprint density at radius 1 is 1.16 bits per heavy atom. The van der Waals surface area contributed by atoms with E-state index in [4.69, 9.17) is 26.3 Å². The molecule has 132 valence electrons. The first-order valence-electron chi connectivity index (χ1n) is 8.29. The van der Waals surface area contributed by atoms with Crippen molar-refractivity contribution in [2.45, 2.75) is 32.4 Å². The molecule has 0 radical (unpaired) electrons. The summed E-state index contributed by atoms with van der Waals surface area (Å²) in [5, 5.41) is 12.8. The van der Waals surface area contributed by atoms with Crippen molar-refractivity contribution in [2.75, 3.05) is 13.7 Å². The summed E-state index contributed by atoms with van der Waals surface area (Å²) in [6.45, 7) is 3.33. The average Bonchev–Trinajstić information content (AvgIpc) is 2.64. The molecule has 2 aromatic carbocycles. The van der Waals surface area contributed by atoms with Crippen molar-refractivity contribution in [1.29, 1.82) is 5.26 Å². The summed E-state index contributed by atoms with van der Waals surface area (Å²) in [5.41, 5.74) is 2.29. The summed E-state index contributed by atoms with van der Waals surface area (Å²) in [6.07, 6.45) is 1.19. The number of nitrogens with zero attached hydrogens (tertiary/aromatic N) is 1. The van der Waals surface area contributed by atoms with E-state index in [1.54, 1.807) is 7.11 Å². The van der Waals surface area contributed by atoms with Crippen LogP contribution in [-0.2, 0) is 6.54 Å². The van der Waals surface area contributed by atoms with E-state index in [0.29, 0.717) is 37.5 Å². The number of hydrogen-bond acceptors (Lipinski definition) is 4. The predicted octanol–water partition coefficient (Wildman–Crippen LogP) is 4.88. The zero-order valence-corrected chi connectivity index (χ0v) is 15.3. The molecule has 0 aromatic heterocycles. The molecule has 0 saturated carbocycles. The number of rotatable bonds is 9. The third-order valence-electron chi connectivity index (χ3n) is 3.90. The van der Waals surface area contributed by atoms with Gasteiger partial charge in [0.25, 0.3) is 0 Å². The van der Waals surface area contributed by atoms with Gasteiger partial charge >= 0.3 is 0 Å². The van der Waals surface area contributed by atoms with Gasteiger partial charge in [-0.05, 0) is 48.7 Å². The molecule has 4 nitrogen and oxygen atoms in total. The Morgan fingerprint density at radius 2 is 1.92 bits per heavy atom. The second-order valence-corrected chi connectivity index (χ2v) is 6.19. The Morgan fingerprint density at radius 3 is 2.60 bits per heavy atom. The molecule has 5 heteroatoms. The smallest absolute Gasteiger partial charge is 0.161 e. The van der Waals surface area contributed by atoms with E-state index in [1.165, 1.54) is 5.56 Å². The van der Waals surface area contributed by atoms with Crippen molar-refractivity contribution in [3.8, 4) is 17.6 Å². The number of halogens is 1. The molecule has 2 rings (SSSR count). The largest absolute Gasteiger partial charge is 0.493 e. The van der Waals surface area contributed by atoms with E-state index < -0.39 is 0 Å². The first-order chi connectivity index (χ1) is 12.1. The molecule has 1 unspecified atom stereocenters. The summed E-state index contributed by atoms with van der Waals surface area (Å²) >= 11 is 5.93. The number of hydrogen-bond donors (Lipinski definition) is 1. The minimum Gasteiger partial charge on any atom is -0.493 e. The molecule has 1 atom stereocenters. The lowest BCUT2D eigenvalue weighted by Crippen LogP contribution is -2.18. The monoisotopic (exact) mass is 358 g/mol. The van der Waals surface area contributed by atoms with Crippen molar-refractivity contribution >= 4 is 11.6 Å². The average molecular weight is 359 g/mol. The van der Waals surface area contributed by atoms with Crippen molar-refractivity contribution in [3.63, 3.8) is 0 Å². The van der Waals surface area contributed by atoms with E-state index >= 15 is 0 Å². The fraction of sp³-hybridized carbons (Fsp3) is 0.350. The quantitative estimate of drug-likeness (QED) is 0.649. The Kier molecular flexibility index (Phi) is 7.59. The van der Waals surface area contributed by atoms with Crippen LogP contribution in [0.15, 0.2) is 42.5 Å². The summed E-state index contributed by atoms with van der Waals surface area (Å²) in [5.74, 6) is 1.41. The molecule has 0 bridgehead atoms. The van der Waals surface area contributed by atoms with Crippen molar-refractivity contribution < 1.29 is 9.47 Å².